The number of hydrogen-bond donors (Lipinski definition) is 1. The van der Waals surface area contributed by atoms with E-state index in [4.69, 9.17) is 0 Å². The number of amides is 1. The third-order valence-electron chi connectivity index (χ3n) is 4.68. The molecule has 0 unspecified atom stereocenters. The summed E-state index contributed by atoms with van der Waals surface area (Å²) in [7, 11) is 5.62. The van der Waals surface area contributed by atoms with Crippen molar-refractivity contribution in [2.45, 2.75) is 38.1 Å². The lowest BCUT2D eigenvalue weighted by atomic mass is 9.95. The van der Waals surface area contributed by atoms with Crippen LogP contribution in [0, 0.1) is 0 Å². The zero-order chi connectivity index (χ0) is 16.2. The number of carbonyl (C=O) groups excluding carboxylic acids is 1. The normalized spacial score (nSPS) is 16.8. The van der Waals surface area contributed by atoms with E-state index in [0.717, 1.165) is 13.1 Å². The largest absolute Gasteiger partial charge is 0.367 e. The van der Waals surface area contributed by atoms with Crippen molar-refractivity contribution in [1.82, 2.24) is 19.8 Å². The third-order valence-corrected chi connectivity index (χ3v) is 4.68. The summed E-state index contributed by atoms with van der Waals surface area (Å²) in [5.41, 5.74) is 0.567. The molecule has 1 heterocycles. The number of carbonyl (C=O) groups is 1. The zero-order valence-electron chi connectivity index (χ0n) is 14.1. The first-order valence-corrected chi connectivity index (χ1v) is 7.97. The van der Waals surface area contributed by atoms with Crippen molar-refractivity contribution in [3.8, 4) is 0 Å². The van der Waals surface area contributed by atoms with Gasteiger partial charge < -0.3 is 10.2 Å². The summed E-state index contributed by atoms with van der Waals surface area (Å²) < 4.78 is 0. The first kappa shape index (κ1) is 16.7. The van der Waals surface area contributed by atoms with E-state index < -0.39 is 0 Å². The number of likely N-dealkylation sites (N-methyl/N-ethyl adjacent to an activating group) is 1. The smallest absolute Gasteiger partial charge is 0.273 e. The summed E-state index contributed by atoms with van der Waals surface area (Å²) in [6.07, 6.45) is 8.15. The maximum Gasteiger partial charge on any atom is 0.273 e. The predicted octanol–water partition coefficient (Wildman–Crippen LogP) is 1.85. The molecule has 1 saturated carbocycles. The first-order valence-electron chi connectivity index (χ1n) is 7.97. The van der Waals surface area contributed by atoms with E-state index in [-0.39, 0.29) is 11.4 Å². The van der Waals surface area contributed by atoms with Crippen molar-refractivity contribution in [1.29, 1.82) is 0 Å². The summed E-state index contributed by atoms with van der Waals surface area (Å²) in [6, 6.07) is 0. The Bertz CT molecular complexity index is 511. The Hall–Kier alpha value is -1.69. The Balaban J connectivity index is 2.07. The van der Waals surface area contributed by atoms with Gasteiger partial charge in [0.15, 0.2) is 0 Å². The molecule has 6 heteroatoms. The Kier molecular flexibility index (Phi) is 5.34. The van der Waals surface area contributed by atoms with Crippen molar-refractivity contribution in [2.75, 3.05) is 39.5 Å². The second-order valence-electron chi connectivity index (χ2n) is 6.29. The van der Waals surface area contributed by atoms with Gasteiger partial charge in [0.2, 0.25) is 0 Å². The number of nitrogens with one attached hydrogen (secondary N) is 1. The van der Waals surface area contributed by atoms with Crippen molar-refractivity contribution >= 4 is 11.7 Å². The molecule has 2 rings (SSSR count). The van der Waals surface area contributed by atoms with Crippen LogP contribution < -0.4 is 5.32 Å². The zero-order valence-corrected chi connectivity index (χ0v) is 14.1. The molecular weight excluding hydrogens is 278 g/mol. The van der Waals surface area contributed by atoms with Crippen molar-refractivity contribution in [2.24, 2.45) is 0 Å². The summed E-state index contributed by atoms with van der Waals surface area (Å²) in [4.78, 5) is 24.4. The van der Waals surface area contributed by atoms with E-state index >= 15 is 0 Å². The SMILES string of the molecule is CCN(C)C1(CNc2cncc(C(=O)N(C)C)n2)CCCC1. The van der Waals surface area contributed by atoms with Gasteiger partial charge in [-0.1, -0.05) is 19.8 Å². The third kappa shape index (κ3) is 3.55. The Morgan fingerprint density at radius 2 is 1.95 bits per heavy atom. The molecule has 0 saturated heterocycles. The topological polar surface area (TPSA) is 61.4 Å². The molecule has 1 aromatic heterocycles. The molecule has 0 bridgehead atoms. The van der Waals surface area contributed by atoms with E-state index in [1.54, 1.807) is 20.3 Å². The molecule has 1 amide bonds. The average Bonchev–Trinajstić information content (AvgIpc) is 3.01. The Morgan fingerprint density at radius 3 is 2.55 bits per heavy atom. The van der Waals surface area contributed by atoms with Crippen LogP contribution in [0.4, 0.5) is 5.82 Å². The van der Waals surface area contributed by atoms with Gasteiger partial charge in [0, 0.05) is 26.2 Å². The van der Waals surface area contributed by atoms with Crippen LogP contribution in [0.3, 0.4) is 0 Å². The molecule has 0 aromatic carbocycles. The highest BCUT2D eigenvalue weighted by atomic mass is 16.2. The molecule has 1 fully saturated rings. The fraction of sp³-hybridized carbons (Fsp3) is 0.688. The van der Waals surface area contributed by atoms with Gasteiger partial charge in [0.25, 0.3) is 5.91 Å². The van der Waals surface area contributed by atoms with Gasteiger partial charge in [0.05, 0.1) is 12.4 Å². The fourth-order valence-corrected chi connectivity index (χ4v) is 3.10. The number of rotatable bonds is 6. The lowest BCUT2D eigenvalue weighted by Crippen LogP contribution is -2.49. The van der Waals surface area contributed by atoms with Gasteiger partial charge in [-0.15, -0.1) is 0 Å². The molecule has 0 aliphatic heterocycles. The number of anilines is 1. The number of aromatic nitrogens is 2. The highest BCUT2D eigenvalue weighted by Crippen LogP contribution is 2.34. The second-order valence-corrected chi connectivity index (χ2v) is 6.29. The van der Waals surface area contributed by atoms with Gasteiger partial charge in [-0.25, -0.2) is 4.98 Å². The quantitative estimate of drug-likeness (QED) is 0.869. The molecular formula is C16H27N5O. The van der Waals surface area contributed by atoms with E-state index in [1.165, 1.54) is 36.8 Å². The van der Waals surface area contributed by atoms with Gasteiger partial charge in [-0.2, -0.15) is 0 Å². The molecule has 0 spiro atoms. The van der Waals surface area contributed by atoms with Crippen molar-refractivity contribution < 1.29 is 4.79 Å². The lowest BCUT2D eigenvalue weighted by molar-refractivity contribution is 0.0821. The van der Waals surface area contributed by atoms with E-state index in [1.807, 2.05) is 0 Å². The molecule has 22 heavy (non-hydrogen) atoms. The van der Waals surface area contributed by atoms with E-state index in [2.05, 4.69) is 34.2 Å². The van der Waals surface area contributed by atoms with Crippen molar-refractivity contribution in [3.05, 3.63) is 18.1 Å². The van der Waals surface area contributed by atoms with Gasteiger partial charge >= 0.3 is 0 Å². The van der Waals surface area contributed by atoms with Gasteiger partial charge in [-0.3, -0.25) is 14.7 Å². The Morgan fingerprint density at radius 1 is 1.27 bits per heavy atom. The minimum atomic E-state index is -0.127. The van der Waals surface area contributed by atoms with Crippen LogP contribution in [0.1, 0.15) is 43.1 Å². The molecule has 0 atom stereocenters. The monoisotopic (exact) mass is 305 g/mol. The highest BCUT2D eigenvalue weighted by molar-refractivity contribution is 5.91. The summed E-state index contributed by atoms with van der Waals surface area (Å²) in [5, 5.41) is 3.39. The standard InChI is InChI=1S/C16H27N5O/c1-5-21(4)16(8-6-7-9-16)12-18-14-11-17-10-13(19-14)15(22)20(2)3/h10-11H,5-9,12H2,1-4H3,(H,18,19). The van der Waals surface area contributed by atoms with Crippen molar-refractivity contribution in [3.63, 3.8) is 0 Å². The molecule has 1 aromatic rings. The maximum atomic E-state index is 12.0. The summed E-state index contributed by atoms with van der Waals surface area (Å²) >= 11 is 0. The first-order chi connectivity index (χ1) is 10.5. The molecule has 1 N–H and O–H groups in total. The highest BCUT2D eigenvalue weighted by Gasteiger charge is 2.36. The second kappa shape index (κ2) is 7.05. The minimum Gasteiger partial charge on any atom is -0.367 e. The van der Waals surface area contributed by atoms with Crippen LogP contribution in [0.2, 0.25) is 0 Å². The van der Waals surface area contributed by atoms with Crippen LogP contribution >= 0.6 is 0 Å². The summed E-state index contributed by atoms with van der Waals surface area (Å²) in [6.45, 7) is 4.06. The molecule has 1 aliphatic rings. The molecule has 122 valence electrons. The number of hydrogen-bond acceptors (Lipinski definition) is 5. The molecule has 6 nitrogen and oxygen atoms in total. The molecule has 0 radical (unpaired) electrons. The van der Waals surface area contributed by atoms with Crippen LogP contribution in [-0.2, 0) is 0 Å². The predicted molar refractivity (Wildman–Crippen MR) is 88.0 cm³/mol. The minimum absolute atomic E-state index is 0.127. The fourth-order valence-electron chi connectivity index (χ4n) is 3.10. The summed E-state index contributed by atoms with van der Waals surface area (Å²) in [5.74, 6) is 0.542. The van der Waals surface area contributed by atoms with Gasteiger partial charge in [-0.05, 0) is 26.4 Å². The van der Waals surface area contributed by atoms with Crippen LogP contribution in [0.15, 0.2) is 12.4 Å². The van der Waals surface area contributed by atoms with E-state index in [0.29, 0.717) is 11.5 Å². The maximum absolute atomic E-state index is 12.0. The van der Waals surface area contributed by atoms with Crippen LogP contribution in [0.5, 0.6) is 0 Å². The average molecular weight is 305 g/mol. The van der Waals surface area contributed by atoms with Crippen LogP contribution in [0.25, 0.3) is 0 Å². The number of nitrogens with zero attached hydrogens (tertiary/aromatic N) is 4. The van der Waals surface area contributed by atoms with Gasteiger partial charge in [0.1, 0.15) is 11.5 Å². The molecule has 1 aliphatic carbocycles. The van der Waals surface area contributed by atoms with Crippen LogP contribution in [-0.4, -0.2) is 65.4 Å². The lowest BCUT2D eigenvalue weighted by Gasteiger charge is -2.38. The van der Waals surface area contributed by atoms with E-state index in [9.17, 15) is 4.79 Å². The Labute approximate surface area is 132 Å².